The second kappa shape index (κ2) is 7.20. The minimum atomic E-state index is -1.37. The molecule has 96 valence electrons. The Kier molecular flexibility index (Phi) is 6.30. The molecule has 17 heavy (non-hydrogen) atoms. The molecular formula is C9H14N2O6. The van der Waals surface area contributed by atoms with E-state index in [0.717, 1.165) is 0 Å². The van der Waals surface area contributed by atoms with E-state index in [2.05, 4.69) is 9.99 Å². The van der Waals surface area contributed by atoms with Crippen molar-refractivity contribution in [2.75, 3.05) is 0 Å². The first-order valence-corrected chi connectivity index (χ1v) is 4.79. The number of nitrogens with zero attached hydrogens (tertiary/aromatic N) is 1. The Morgan fingerprint density at radius 1 is 1.35 bits per heavy atom. The monoisotopic (exact) mass is 246 g/mol. The van der Waals surface area contributed by atoms with E-state index < -0.39 is 24.3 Å². The van der Waals surface area contributed by atoms with Crippen molar-refractivity contribution in [1.82, 2.24) is 5.48 Å². The average molecular weight is 246 g/mol. The summed E-state index contributed by atoms with van der Waals surface area (Å²) in [6.45, 7) is 3.60. The number of rotatable bonds is 5. The summed E-state index contributed by atoms with van der Waals surface area (Å²) in [5.41, 5.74) is 1.50. The zero-order valence-electron chi connectivity index (χ0n) is 9.47. The highest BCUT2D eigenvalue weighted by molar-refractivity contribution is 6.38. The van der Waals surface area contributed by atoms with Crippen molar-refractivity contribution < 1.29 is 29.5 Å². The number of carboxylic acids is 1. The first-order valence-electron chi connectivity index (χ1n) is 4.79. The fourth-order valence-electron chi connectivity index (χ4n) is 0.887. The van der Waals surface area contributed by atoms with Crippen LogP contribution in [-0.2, 0) is 19.2 Å². The number of carbonyl (C=O) groups excluding carboxylic acids is 2. The highest BCUT2D eigenvalue weighted by Crippen LogP contribution is 2.01. The summed E-state index contributed by atoms with van der Waals surface area (Å²) in [7, 11) is 0. The van der Waals surface area contributed by atoms with E-state index in [1.54, 1.807) is 19.3 Å². The molecule has 0 aliphatic heterocycles. The fourth-order valence-corrected chi connectivity index (χ4v) is 0.887. The number of hydrogen-bond acceptors (Lipinski definition) is 6. The second-order valence-electron chi connectivity index (χ2n) is 3.62. The van der Waals surface area contributed by atoms with Crippen LogP contribution in [0.5, 0.6) is 0 Å². The number of amides is 1. The normalized spacial score (nSPS) is 11.1. The molecule has 0 spiro atoms. The van der Waals surface area contributed by atoms with Gasteiger partial charge < -0.3 is 15.2 Å². The molecule has 0 aromatic heterocycles. The van der Waals surface area contributed by atoms with Crippen LogP contribution in [0.3, 0.4) is 0 Å². The number of hydrogen-bond donors (Lipinski definition) is 3. The summed E-state index contributed by atoms with van der Waals surface area (Å²) in [6, 6.07) is 0. The number of carboxylic acid groups (broad SMARTS) is 1. The largest absolute Gasteiger partial charge is 0.481 e. The SMILES string of the molecule is CC(C)C/C(=N/O)C(=O)NOC(=O)CC(=O)O. The van der Waals surface area contributed by atoms with Crippen LogP contribution in [0.1, 0.15) is 26.7 Å². The molecule has 0 heterocycles. The van der Waals surface area contributed by atoms with Gasteiger partial charge in [-0.1, -0.05) is 19.0 Å². The van der Waals surface area contributed by atoms with Crippen molar-refractivity contribution in [3.05, 3.63) is 0 Å². The predicted octanol–water partition coefficient (Wildman–Crippen LogP) is -0.0882. The minimum absolute atomic E-state index is 0.0707. The van der Waals surface area contributed by atoms with E-state index in [4.69, 9.17) is 10.3 Å². The van der Waals surface area contributed by atoms with Crippen LogP contribution in [0.25, 0.3) is 0 Å². The molecule has 0 radical (unpaired) electrons. The molecule has 0 saturated carbocycles. The van der Waals surface area contributed by atoms with Crippen LogP contribution in [0.4, 0.5) is 0 Å². The van der Waals surface area contributed by atoms with Gasteiger partial charge in [0.05, 0.1) is 0 Å². The number of nitrogens with one attached hydrogen (secondary N) is 1. The summed E-state index contributed by atoms with van der Waals surface area (Å²) < 4.78 is 0. The molecule has 0 aliphatic carbocycles. The van der Waals surface area contributed by atoms with E-state index in [9.17, 15) is 14.4 Å². The van der Waals surface area contributed by atoms with Gasteiger partial charge in [-0.2, -0.15) is 5.48 Å². The summed E-state index contributed by atoms with van der Waals surface area (Å²) in [5, 5.41) is 19.6. The van der Waals surface area contributed by atoms with Gasteiger partial charge >= 0.3 is 17.8 Å². The molecule has 8 nitrogen and oxygen atoms in total. The lowest BCUT2D eigenvalue weighted by Crippen LogP contribution is -2.34. The van der Waals surface area contributed by atoms with Gasteiger partial charge in [-0.25, -0.2) is 4.79 Å². The van der Waals surface area contributed by atoms with E-state index in [1.807, 2.05) is 0 Å². The molecule has 0 aromatic rings. The van der Waals surface area contributed by atoms with Gasteiger partial charge in [0, 0.05) is 6.42 Å². The standard InChI is InChI=1S/C9H14N2O6/c1-5(2)3-6(10-16)9(15)11-17-8(14)4-7(12)13/h5,16H,3-4H2,1-2H3,(H,11,15)(H,12,13)/b10-6-. The van der Waals surface area contributed by atoms with E-state index in [-0.39, 0.29) is 18.1 Å². The van der Waals surface area contributed by atoms with Crippen molar-refractivity contribution in [2.45, 2.75) is 26.7 Å². The Balaban J connectivity index is 4.16. The van der Waals surface area contributed by atoms with Gasteiger partial charge in [-0.3, -0.25) is 9.59 Å². The van der Waals surface area contributed by atoms with Crippen LogP contribution in [0, 0.1) is 5.92 Å². The number of oxime groups is 1. The molecule has 0 fully saturated rings. The summed E-state index contributed by atoms with van der Waals surface area (Å²) in [5.74, 6) is -3.31. The Morgan fingerprint density at radius 2 is 1.94 bits per heavy atom. The molecule has 0 rings (SSSR count). The van der Waals surface area contributed by atoms with Gasteiger partial charge in [0.2, 0.25) is 0 Å². The van der Waals surface area contributed by atoms with Crippen molar-refractivity contribution in [1.29, 1.82) is 0 Å². The zero-order chi connectivity index (χ0) is 13.4. The maximum atomic E-state index is 11.3. The number of aliphatic carboxylic acids is 1. The Hall–Kier alpha value is -2.12. The number of carbonyl (C=O) groups is 3. The fraction of sp³-hybridized carbons (Fsp3) is 0.556. The zero-order valence-corrected chi connectivity index (χ0v) is 9.47. The lowest BCUT2D eigenvalue weighted by atomic mass is 10.1. The Labute approximate surface area is 97.2 Å². The number of hydroxylamine groups is 1. The smallest absolute Gasteiger partial charge is 0.343 e. The van der Waals surface area contributed by atoms with Gasteiger partial charge in [-0.05, 0) is 5.92 Å². The molecule has 0 aromatic carbocycles. The van der Waals surface area contributed by atoms with Gasteiger partial charge in [0.25, 0.3) is 0 Å². The summed E-state index contributed by atoms with van der Waals surface area (Å²) >= 11 is 0. The maximum Gasteiger partial charge on any atom is 0.343 e. The van der Waals surface area contributed by atoms with Crippen LogP contribution in [-0.4, -0.2) is 33.9 Å². The van der Waals surface area contributed by atoms with E-state index >= 15 is 0 Å². The van der Waals surface area contributed by atoms with Crippen LogP contribution in [0.15, 0.2) is 5.16 Å². The lowest BCUT2D eigenvalue weighted by molar-refractivity contribution is -0.160. The third-order valence-electron chi connectivity index (χ3n) is 1.54. The molecule has 0 unspecified atom stereocenters. The Bertz CT molecular complexity index is 336. The van der Waals surface area contributed by atoms with Crippen LogP contribution in [0.2, 0.25) is 0 Å². The average Bonchev–Trinajstić information content (AvgIpc) is 2.21. The topological polar surface area (TPSA) is 125 Å². The first-order chi connectivity index (χ1) is 7.86. The summed E-state index contributed by atoms with van der Waals surface area (Å²) in [6.07, 6.45) is -0.672. The third-order valence-corrected chi connectivity index (χ3v) is 1.54. The highest BCUT2D eigenvalue weighted by Gasteiger charge is 2.17. The predicted molar refractivity (Wildman–Crippen MR) is 55.2 cm³/mol. The maximum absolute atomic E-state index is 11.3. The van der Waals surface area contributed by atoms with Crippen LogP contribution >= 0.6 is 0 Å². The molecule has 0 saturated heterocycles. The van der Waals surface area contributed by atoms with Crippen molar-refractivity contribution in [2.24, 2.45) is 11.1 Å². The first kappa shape index (κ1) is 14.9. The molecule has 8 heteroatoms. The lowest BCUT2D eigenvalue weighted by Gasteiger charge is -2.07. The van der Waals surface area contributed by atoms with Crippen LogP contribution < -0.4 is 5.48 Å². The van der Waals surface area contributed by atoms with Gasteiger partial charge in [0.15, 0.2) is 0 Å². The summed E-state index contributed by atoms with van der Waals surface area (Å²) in [4.78, 5) is 36.3. The third kappa shape index (κ3) is 6.88. The van der Waals surface area contributed by atoms with Gasteiger partial charge in [0.1, 0.15) is 12.1 Å². The minimum Gasteiger partial charge on any atom is -0.481 e. The Morgan fingerprint density at radius 3 is 2.35 bits per heavy atom. The van der Waals surface area contributed by atoms with Gasteiger partial charge in [-0.15, -0.1) is 0 Å². The molecular weight excluding hydrogens is 232 g/mol. The quantitative estimate of drug-likeness (QED) is 0.269. The van der Waals surface area contributed by atoms with Crippen molar-refractivity contribution >= 4 is 23.6 Å². The molecule has 3 N–H and O–H groups in total. The van der Waals surface area contributed by atoms with Crippen molar-refractivity contribution in [3.8, 4) is 0 Å². The van der Waals surface area contributed by atoms with E-state index in [0.29, 0.717) is 0 Å². The second-order valence-corrected chi connectivity index (χ2v) is 3.62. The highest BCUT2D eigenvalue weighted by atomic mass is 16.7. The van der Waals surface area contributed by atoms with Crippen molar-refractivity contribution in [3.63, 3.8) is 0 Å². The molecule has 0 bridgehead atoms. The van der Waals surface area contributed by atoms with E-state index in [1.165, 1.54) is 0 Å². The molecule has 0 aliphatic rings. The molecule has 1 amide bonds. The molecule has 0 atom stereocenters.